The van der Waals surface area contributed by atoms with Gasteiger partial charge in [0.2, 0.25) is 0 Å². The maximum Gasteiger partial charge on any atom is 0.410 e. The molecule has 168 valence electrons. The topological polar surface area (TPSA) is 91.8 Å². The molecule has 0 spiro atoms. The molecule has 0 radical (unpaired) electrons. The molecule has 0 saturated carbocycles. The average molecular weight is 431 g/mol. The number of allylic oxidation sites excluding steroid dienone is 1. The fourth-order valence-electron chi connectivity index (χ4n) is 3.04. The molecule has 31 heavy (non-hydrogen) atoms. The lowest BCUT2D eigenvalue weighted by atomic mass is 10.2. The number of ether oxygens (including phenoxy) is 2. The van der Waals surface area contributed by atoms with Crippen LogP contribution in [-0.4, -0.2) is 85.9 Å². The summed E-state index contributed by atoms with van der Waals surface area (Å²) < 4.78 is 10.0. The smallest absolute Gasteiger partial charge is 0.410 e. The molecule has 9 nitrogen and oxygen atoms in total. The van der Waals surface area contributed by atoms with Gasteiger partial charge in [0.25, 0.3) is 0 Å². The lowest BCUT2D eigenvalue weighted by Crippen LogP contribution is -2.50. The molecule has 2 rings (SSSR count). The van der Waals surface area contributed by atoms with Crippen LogP contribution in [0.2, 0.25) is 0 Å². The third-order valence-electron chi connectivity index (χ3n) is 4.75. The summed E-state index contributed by atoms with van der Waals surface area (Å²) in [6.07, 6.45) is 4.32. The molecule has 0 bridgehead atoms. The van der Waals surface area contributed by atoms with Gasteiger partial charge < -0.3 is 19.3 Å². The lowest BCUT2D eigenvalue weighted by Gasteiger charge is -2.35. The van der Waals surface area contributed by atoms with E-state index in [2.05, 4.69) is 9.84 Å². The van der Waals surface area contributed by atoms with Crippen LogP contribution < -0.4 is 0 Å². The summed E-state index contributed by atoms with van der Waals surface area (Å²) in [7, 11) is 3.17. The molecular formula is C22H30N4O5. The van der Waals surface area contributed by atoms with Gasteiger partial charge in [-0.2, -0.15) is 5.10 Å². The summed E-state index contributed by atoms with van der Waals surface area (Å²) in [4.78, 5) is 38.1. The minimum absolute atomic E-state index is 0.241. The summed E-state index contributed by atoms with van der Waals surface area (Å²) in [5.41, 5.74) is 0.943. The van der Waals surface area contributed by atoms with Crippen LogP contribution in [0.3, 0.4) is 0 Å². The second-order valence-electron chi connectivity index (χ2n) is 7.03. The van der Waals surface area contributed by atoms with Crippen LogP contribution in [0.4, 0.5) is 4.79 Å². The number of benzene rings is 1. The Balaban J connectivity index is 1.86. The number of hydrogen-bond acceptors (Lipinski definition) is 7. The predicted molar refractivity (Wildman–Crippen MR) is 116 cm³/mol. The highest BCUT2D eigenvalue weighted by atomic mass is 16.6. The number of carbonyl (C=O) groups excluding carboxylic acids is 3. The number of hydrogen-bond donors (Lipinski definition) is 0. The van der Waals surface area contributed by atoms with E-state index in [0.29, 0.717) is 57.7 Å². The second-order valence-corrected chi connectivity index (χ2v) is 7.03. The van der Waals surface area contributed by atoms with E-state index >= 15 is 0 Å². The number of nitrogens with zero attached hydrogens (tertiary/aromatic N) is 4. The molecule has 1 amide bonds. The molecule has 0 N–H and O–H groups in total. The molecule has 1 aliphatic rings. The van der Waals surface area contributed by atoms with E-state index in [1.807, 2.05) is 42.3 Å². The van der Waals surface area contributed by atoms with Crippen LogP contribution >= 0.6 is 0 Å². The Kier molecular flexibility index (Phi) is 10.1. The van der Waals surface area contributed by atoms with Crippen molar-refractivity contribution in [1.82, 2.24) is 14.8 Å². The van der Waals surface area contributed by atoms with E-state index in [1.54, 1.807) is 16.0 Å². The van der Waals surface area contributed by atoms with Crippen molar-refractivity contribution >= 4 is 24.2 Å². The van der Waals surface area contributed by atoms with Crippen LogP contribution in [0, 0.1) is 0 Å². The molecule has 1 heterocycles. The molecule has 1 aromatic rings. The van der Waals surface area contributed by atoms with Crippen molar-refractivity contribution in [2.75, 3.05) is 46.9 Å². The van der Waals surface area contributed by atoms with E-state index in [0.717, 1.165) is 5.56 Å². The van der Waals surface area contributed by atoms with Crippen molar-refractivity contribution in [3.8, 4) is 0 Å². The maximum atomic E-state index is 12.3. The monoisotopic (exact) mass is 430 g/mol. The number of piperazine rings is 1. The number of methoxy groups -OCH3 is 1. The third-order valence-corrected chi connectivity index (χ3v) is 4.75. The molecule has 1 aliphatic heterocycles. The number of amides is 1. The molecule has 1 fully saturated rings. The molecule has 0 aromatic heterocycles. The summed E-state index contributed by atoms with van der Waals surface area (Å²) in [5.74, 6) is 0.374. The Bertz CT molecular complexity index is 773. The number of esters is 1. The average Bonchev–Trinajstić information content (AvgIpc) is 2.80. The van der Waals surface area contributed by atoms with Gasteiger partial charge in [0.1, 0.15) is 18.7 Å². The number of carbonyl (C=O) groups is 3. The fraction of sp³-hybridized carbons (Fsp3) is 0.455. The van der Waals surface area contributed by atoms with E-state index in [4.69, 9.17) is 4.74 Å². The molecule has 0 atom stereocenters. The maximum absolute atomic E-state index is 12.3. The Morgan fingerprint density at radius 3 is 2.45 bits per heavy atom. The zero-order chi connectivity index (χ0) is 22.5. The number of amidine groups is 1. The molecule has 9 heteroatoms. The van der Waals surface area contributed by atoms with E-state index < -0.39 is 0 Å². The summed E-state index contributed by atoms with van der Waals surface area (Å²) in [5, 5.41) is 6.28. The molecule has 0 aliphatic carbocycles. The predicted octanol–water partition coefficient (Wildman–Crippen LogP) is 1.89. The van der Waals surface area contributed by atoms with Gasteiger partial charge in [0.05, 0.1) is 7.11 Å². The van der Waals surface area contributed by atoms with Crippen LogP contribution in [0.15, 0.2) is 47.6 Å². The Morgan fingerprint density at radius 2 is 1.81 bits per heavy atom. The van der Waals surface area contributed by atoms with Crippen molar-refractivity contribution < 1.29 is 23.9 Å². The van der Waals surface area contributed by atoms with Crippen LogP contribution in [0.5, 0.6) is 0 Å². The number of hydrazone groups is 1. The molecular weight excluding hydrogens is 400 g/mol. The lowest BCUT2D eigenvalue weighted by molar-refractivity contribution is -0.140. The first-order chi connectivity index (χ1) is 15.0. The first-order valence-electron chi connectivity index (χ1n) is 10.2. The zero-order valence-corrected chi connectivity index (χ0v) is 18.1. The summed E-state index contributed by atoms with van der Waals surface area (Å²) in [6, 6.07) is 9.55. The van der Waals surface area contributed by atoms with Crippen LogP contribution in [0.25, 0.3) is 0 Å². The Hall–Kier alpha value is -3.36. The SMILES string of the molecule is COC(=O)CCCN(C)/N=C(\C=C/C=O)N1CCN(C(=O)OCc2ccccc2)CC1. The van der Waals surface area contributed by atoms with Crippen molar-refractivity contribution in [3.05, 3.63) is 48.0 Å². The first kappa shape index (κ1) is 23.9. The van der Waals surface area contributed by atoms with Gasteiger partial charge in [-0.1, -0.05) is 30.3 Å². The first-order valence-corrected chi connectivity index (χ1v) is 10.2. The Morgan fingerprint density at radius 1 is 1.13 bits per heavy atom. The van der Waals surface area contributed by atoms with Gasteiger partial charge in [0.15, 0.2) is 0 Å². The van der Waals surface area contributed by atoms with Crippen molar-refractivity contribution in [2.24, 2.45) is 5.10 Å². The molecule has 0 unspecified atom stereocenters. The highest BCUT2D eigenvalue weighted by molar-refractivity contribution is 5.95. The highest BCUT2D eigenvalue weighted by Crippen LogP contribution is 2.09. The van der Waals surface area contributed by atoms with E-state index in [1.165, 1.54) is 13.2 Å². The van der Waals surface area contributed by atoms with Crippen molar-refractivity contribution in [2.45, 2.75) is 19.4 Å². The number of rotatable bonds is 9. The normalized spacial score (nSPS) is 14.5. The minimum Gasteiger partial charge on any atom is -0.469 e. The van der Waals surface area contributed by atoms with Gasteiger partial charge in [-0.15, -0.1) is 0 Å². The van der Waals surface area contributed by atoms with Gasteiger partial charge in [0, 0.05) is 46.2 Å². The highest BCUT2D eigenvalue weighted by Gasteiger charge is 2.23. The van der Waals surface area contributed by atoms with Crippen LogP contribution in [-0.2, 0) is 25.7 Å². The fourth-order valence-corrected chi connectivity index (χ4v) is 3.04. The third kappa shape index (κ3) is 8.49. The van der Waals surface area contributed by atoms with Gasteiger partial charge >= 0.3 is 12.1 Å². The van der Waals surface area contributed by atoms with E-state index in [-0.39, 0.29) is 18.7 Å². The summed E-state index contributed by atoms with van der Waals surface area (Å²) in [6.45, 7) is 2.93. The molecule has 1 aromatic carbocycles. The second kappa shape index (κ2) is 13.0. The number of aldehydes is 1. The summed E-state index contributed by atoms with van der Waals surface area (Å²) >= 11 is 0. The quantitative estimate of drug-likeness (QED) is 0.148. The van der Waals surface area contributed by atoms with E-state index in [9.17, 15) is 14.4 Å². The van der Waals surface area contributed by atoms with Crippen LogP contribution in [0.1, 0.15) is 18.4 Å². The van der Waals surface area contributed by atoms with Gasteiger partial charge in [-0.25, -0.2) is 4.79 Å². The van der Waals surface area contributed by atoms with Gasteiger partial charge in [-0.05, 0) is 24.1 Å². The standard InChI is InChI=1S/C22H30N4O5/c1-24(12-6-11-21(28)30-2)23-20(10-7-17-27)25-13-15-26(16-14-25)22(29)31-18-19-8-4-3-5-9-19/h3-5,7-10,17H,6,11-16,18H2,1-2H3/b10-7-,23-20+. The zero-order valence-electron chi connectivity index (χ0n) is 18.1. The van der Waals surface area contributed by atoms with Crippen molar-refractivity contribution in [3.63, 3.8) is 0 Å². The Labute approximate surface area is 182 Å². The van der Waals surface area contributed by atoms with Crippen molar-refractivity contribution in [1.29, 1.82) is 0 Å². The molecule has 1 saturated heterocycles. The van der Waals surface area contributed by atoms with Gasteiger partial charge in [-0.3, -0.25) is 14.6 Å². The largest absolute Gasteiger partial charge is 0.469 e. The minimum atomic E-state index is -0.342.